The van der Waals surface area contributed by atoms with Crippen LogP contribution in [0.4, 0.5) is 0 Å². The smallest absolute Gasteiger partial charge is 0.242 e. The molecular formula is C8H14N2O. The van der Waals surface area contributed by atoms with Crippen LogP contribution in [-0.2, 0) is 4.79 Å². The highest BCUT2D eigenvalue weighted by Crippen LogP contribution is 2.37. The fourth-order valence-electron chi connectivity index (χ4n) is 1.33. The van der Waals surface area contributed by atoms with Crippen molar-refractivity contribution in [1.82, 2.24) is 4.90 Å². The van der Waals surface area contributed by atoms with E-state index in [2.05, 4.69) is 0 Å². The minimum Gasteiger partial charge on any atom is -0.341 e. The molecule has 3 heteroatoms. The predicted molar refractivity (Wildman–Crippen MR) is 41.9 cm³/mol. The molecule has 0 bridgehead atoms. The van der Waals surface area contributed by atoms with Gasteiger partial charge in [-0.15, -0.1) is 0 Å². The number of hydrogen-bond acceptors (Lipinski definition) is 2. The molecule has 2 rings (SSSR count). The van der Waals surface area contributed by atoms with E-state index < -0.39 is 5.54 Å². The fourth-order valence-corrected chi connectivity index (χ4v) is 1.33. The molecule has 0 aromatic rings. The summed E-state index contributed by atoms with van der Waals surface area (Å²) in [5, 5.41) is 0. The van der Waals surface area contributed by atoms with E-state index in [0.717, 1.165) is 12.8 Å². The second-order valence-corrected chi connectivity index (χ2v) is 3.80. The molecule has 2 aliphatic carbocycles. The number of likely N-dealkylation sites (N-methyl/N-ethyl adjacent to an activating group) is 1. The van der Waals surface area contributed by atoms with Crippen LogP contribution in [0.25, 0.3) is 0 Å². The summed E-state index contributed by atoms with van der Waals surface area (Å²) < 4.78 is 0. The van der Waals surface area contributed by atoms with Gasteiger partial charge in [-0.3, -0.25) is 4.79 Å². The molecule has 0 aromatic heterocycles. The normalized spacial score (nSPS) is 26.4. The Kier molecular flexibility index (Phi) is 1.27. The van der Waals surface area contributed by atoms with E-state index in [1.807, 2.05) is 11.9 Å². The molecule has 0 radical (unpaired) electrons. The maximum Gasteiger partial charge on any atom is 0.242 e. The van der Waals surface area contributed by atoms with Gasteiger partial charge >= 0.3 is 0 Å². The first kappa shape index (κ1) is 7.10. The quantitative estimate of drug-likeness (QED) is 0.613. The van der Waals surface area contributed by atoms with Crippen molar-refractivity contribution in [3.05, 3.63) is 0 Å². The summed E-state index contributed by atoms with van der Waals surface area (Å²) in [6, 6.07) is 0.503. The Hall–Kier alpha value is -0.570. The highest BCUT2D eigenvalue weighted by Gasteiger charge is 2.49. The molecule has 0 unspecified atom stereocenters. The summed E-state index contributed by atoms with van der Waals surface area (Å²) >= 11 is 0. The van der Waals surface area contributed by atoms with Gasteiger partial charge in [-0.2, -0.15) is 0 Å². The molecule has 2 N–H and O–H groups in total. The molecule has 0 aromatic carbocycles. The maximum absolute atomic E-state index is 11.5. The number of rotatable bonds is 2. The van der Waals surface area contributed by atoms with Crippen LogP contribution < -0.4 is 5.73 Å². The first-order valence-corrected chi connectivity index (χ1v) is 4.20. The SMILES string of the molecule is CN(C(=O)C1(N)CC1)C1CC1. The van der Waals surface area contributed by atoms with E-state index >= 15 is 0 Å². The Morgan fingerprint density at radius 3 is 2.45 bits per heavy atom. The first-order valence-electron chi connectivity index (χ1n) is 4.20. The summed E-state index contributed by atoms with van der Waals surface area (Å²) in [4.78, 5) is 13.3. The van der Waals surface area contributed by atoms with Crippen molar-refractivity contribution in [2.45, 2.75) is 37.3 Å². The lowest BCUT2D eigenvalue weighted by molar-refractivity contribution is -0.132. The van der Waals surface area contributed by atoms with Crippen molar-refractivity contribution in [1.29, 1.82) is 0 Å². The lowest BCUT2D eigenvalue weighted by atomic mass is 10.2. The minimum atomic E-state index is -0.461. The zero-order valence-electron chi connectivity index (χ0n) is 6.84. The van der Waals surface area contributed by atoms with Gasteiger partial charge in [0.15, 0.2) is 0 Å². The summed E-state index contributed by atoms with van der Waals surface area (Å²) in [6.45, 7) is 0. The van der Waals surface area contributed by atoms with Crippen molar-refractivity contribution in [3.8, 4) is 0 Å². The molecule has 2 saturated carbocycles. The summed E-state index contributed by atoms with van der Waals surface area (Å²) in [6.07, 6.45) is 4.09. The molecular weight excluding hydrogens is 140 g/mol. The molecule has 62 valence electrons. The van der Waals surface area contributed by atoms with Gasteiger partial charge in [-0.05, 0) is 25.7 Å². The van der Waals surface area contributed by atoms with E-state index in [9.17, 15) is 4.79 Å². The molecule has 2 fully saturated rings. The number of nitrogens with zero attached hydrogens (tertiary/aromatic N) is 1. The molecule has 0 atom stereocenters. The van der Waals surface area contributed by atoms with Gasteiger partial charge in [0.05, 0.1) is 5.54 Å². The Morgan fingerprint density at radius 2 is 2.09 bits per heavy atom. The van der Waals surface area contributed by atoms with Crippen LogP contribution in [0, 0.1) is 0 Å². The van der Waals surface area contributed by atoms with E-state index in [0.29, 0.717) is 6.04 Å². The monoisotopic (exact) mass is 154 g/mol. The topological polar surface area (TPSA) is 46.3 Å². The van der Waals surface area contributed by atoms with Crippen LogP contribution in [0.3, 0.4) is 0 Å². The van der Waals surface area contributed by atoms with Gasteiger partial charge in [0.25, 0.3) is 0 Å². The molecule has 11 heavy (non-hydrogen) atoms. The number of carbonyl (C=O) groups excluding carboxylic acids is 1. The van der Waals surface area contributed by atoms with Crippen molar-refractivity contribution in [3.63, 3.8) is 0 Å². The molecule has 0 saturated heterocycles. The summed E-state index contributed by atoms with van der Waals surface area (Å²) in [5.74, 6) is 0.153. The van der Waals surface area contributed by atoms with Crippen molar-refractivity contribution in [2.75, 3.05) is 7.05 Å². The van der Waals surface area contributed by atoms with Gasteiger partial charge in [0.1, 0.15) is 0 Å². The minimum absolute atomic E-state index is 0.153. The zero-order chi connectivity index (χ0) is 8.06. The summed E-state index contributed by atoms with van der Waals surface area (Å²) in [7, 11) is 1.87. The van der Waals surface area contributed by atoms with Crippen LogP contribution >= 0.6 is 0 Å². The summed E-state index contributed by atoms with van der Waals surface area (Å²) in [5.41, 5.74) is 5.30. The van der Waals surface area contributed by atoms with Gasteiger partial charge in [-0.1, -0.05) is 0 Å². The van der Waals surface area contributed by atoms with Gasteiger partial charge < -0.3 is 10.6 Å². The number of nitrogens with two attached hydrogens (primary N) is 1. The highest BCUT2D eigenvalue weighted by atomic mass is 16.2. The molecule has 3 nitrogen and oxygen atoms in total. The van der Waals surface area contributed by atoms with E-state index in [-0.39, 0.29) is 5.91 Å². The second-order valence-electron chi connectivity index (χ2n) is 3.80. The third-order valence-electron chi connectivity index (χ3n) is 2.63. The Balaban J connectivity index is 1.97. The molecule has 1 amide bonds. The van der Waals surface area contributed by atoms with Crippen molar-refractivity contribution in [2.24, 2.45) is 5.73 Å². The zero-order valence-corrected chi connectivity index (χ0v) is 6.84. The lowest BCUT2D eigenvalue weighted by Gasteiger charge is -2.19. The highest BCUT2D eigenvalue weighted by molar-refractivity contribution is 5.89. The molecule has 2 aliphatic rings. The number of amides is 1. The van der Waals surface area contributed by atoms with Crippen LogP contribution in [0.15, 0.2) is 0 Å². The third kappa shape index (κ3) is 1.13. The average molecular weight is 154 g/mol. The average Bonchev–Trinajstić information content (AvgIpc) is 2.76. The molecule has 0 heterocycles. The maximum atomic E-state index is 11.5. The molecule has 0 aliphatic heterocycles. The second kappa shape index (κ2) is 1.97. The van der Waals surface area contributed by atoms with Crippen LogP contribution in [0.5, 0.6) is 0 Å². The predicted octanol–water partition coefficient (Wildman–Crippen LogP) is 0.0985. The van der Waals surface area contributed by atoms with E-state index in [1.165, 1.54) is 12.8 Å². The van der Waals surface area contributed by atoms with Crippen molar-refractivity contribution >= 4 is 5.91 Å². The standard InChI is InChI=1S/C8H14N2O/c1-10(6-2-3-6)7(11)8(9)4-5-8/h6H,2-5,9H2,1H3. The van der Waals surface area contributed by atoms with Crippen LogP contribution in [0.1, 0.15) is 25.7 Å². The number of hydrogen-bond donors (Lipinski definition) is 1. The first-order chi connectivity index (χ1) is 5.13. The van der Waals surface area contributed by atoms with Gasteiger partial charge in [0.2, 0.25) is 5.91 Å². The van der Waals surface area contributed by atoms with E-state index in [1.54, 1.807) is 0 Å². The Morgan fingerprint density at radius 1 is 1.55 bits per heavy atom. The largest absolute Gasteiger partial charge is 0.341 e. The van der Waals surface area contributed by atoms with Gasteiger partial charge in [0, 0.05) is 13.1 Å². The van der Waals surface area contributed by atoms with Crippen molar-refractivity contribution < 1.29 is 4.79 Å². The van der Waals surface area contributed by atoms with Crippen LogP contribution in [-0.4, -0.2) is 29.4 Å². The lowest BCUT2D eigenvalue weighted by Crippen LogP contribution is -2.44. The molecule has 0 spiro atoms. The Labute approximate surface area is 66.5 Å². The number of carbonyl (C=O) groups is 1. The van der Waals surface area contributed by atoms with Gasteiger partial charge in [-0.25, -0.2) is 0 Å². The van der Waals surface area contributed by atoms with E-state index in [4.69, 9.17) is 5.73 Å². The van der Waals surface area contributed by atoms with Crippen LogP contribution in [0.2, 0.25) is 0 Å². The fraction of sp³-hybridized carbons (Fsp3) is 0.875. The Bertz CT molecular complexity index is 194. The third-order valence-corrected chi connectivity index (χ3v) is 2.63.